The molecule has 21 heavy (non-hydrogen) atoms. The van der Waals surface area contributed by atoms with Crippen LogP contribution in [-0.2, 0) is 9.84 Å². The number of nitrogens with two attached hydrogens (primary N) is 2. The smallest absolute Gasteiger partial charge is 0.313 e. The number of amides is 2. The van der Waals surface area contributed by atoms with E-state index in [2.05, 4.69) is 5.32 Å². The Bertz CT molecular complexity index is 649. The van der Waals surface area contributed by atoms with Gasteiger partial charge in [-0.3, -0.25) is 0 Å². The summed E-state index contributed by atoms with van der Waals surface area (Å²) in [5.41, 5.74) is 12.2. The highest BCUT2D eigenvalue weighted by molar-refractivity contribution is 7.92. The van der Waals surface area contributed by atoms with Crippen molar-refractivity contribution in [2.75, 3.05) is 5.73 Å². The summed E-state index contributed by atoms with van der Waals surface area (Å²) in [7, 11) is -3.75. The molecule has 1 aliphatic rings. The molecule has 0 aromatic heterocycles. The van der Waals surface area contributed by atoms with Gasteiger partial charge in [0.15, 0.2) is 0 Å². The van der Waals surface area contributed by atoms with Gasteiger partial charge in [0.1, 0.15) is 4.87 Å². The molecule has 7 heteroatoms. The van der Waals surface area contributed by atoms with Crippen LogP contribution in [0.1, 0.15) is 37.7 Å². The second-order valence-electron chi connectivity index (χ2n) is 5.57. The van der Waals surface area contributed by atoms with Crippen LogP contribution in [0.5, 0.6) is 0 Å². The minimum atomic E-state index is -3.75. The molecular weight excluding hydrogens is 290 g/mol. The van der Waals surface area contributed by atoms with Crippen molar-refractivity contribution < 1.29 is 13.2 Å². The molecule has 0 saturated heterocycles. The molecule has 0 atom stereocenters. The van der Waals surface area contributed by atoms with Crippen LogP contribution < -0.4 is 16.8 Å². The van der Waals surface area contributed by atoms with Gasteiger partial charge in [0.25, 0.3) is 0 Å². The van der Waals surface area contributed by atoms with E-state index < -0.39 is 20.7 Å². The molecule has 1 saturated carbocycles. The van der Waals surface area contributed by atoms with E-state index in [9.17, 15) is 13.2 Å². The van der Waals surface area contributed by atoms with Crippen molar-refractivity contribution in [2.45, 2.75) is 48.8 Å². The van der Waals surface area contributed by atoms with Gasteiger partial charge in [0.2, 0.25) is 9.84 Å². The number of primary amides is 1. The van der Waals surface area contributed by atoms with Gasteiger partial charge in [-0.05, 0) is 37.5 Å². The fraction of sp³-hybridized carbons (Fsp3) is 0.500. The Kier molecular flexibility index (Phi) is 4.13. The zero-order valence-electron chi connectivity index (χ0n) is 12.1. The highest BCUT2D eigenvalue weighted by atomic mass is 32.2. The third-order valence-electron chi connectivity index (χ3n) is 4.09. The first kappa shape index (κ1) is 15.6. The minimum absolute atomic E-state index is 0.126. The van der Waals surface area contributed by atoms with E-state index in [4.69, 9.17) is 11.5 Å². The van der Waals surface area contributed by atoms with E-state index in [0.717, 1.165) is 24.8 Å². The first-order valence-electron chi connectivity index (χ1n) is 6.97. The predicted octanol–water partition coefficient (Wildman–Crippen LogP) is 1.68. The van der Waals surface area contributed by atoms with E-state index in [-0.39, 0.29) is 4.90 Å². The topological polar surface area (TPSA) is 115 Å². The number of carbonyl (C=O) groups excluding carboxylic acids is 1. The summed E-state index contributed by atoms with van der Waals surface area (Å²) in [5, 5.41) is 2.48. The van der Waals surface area contributed by atoms with Crippen LogP contribution in [-0.4, -0.2) is 19.3 Å². The van der Waals surface area contributed by atoms with E-state index in [1.54, 1.807) is 6.07 Å². The number of sulfone groups is 1. The number of hydrogen-bond acceptors (Lipinski definition) is 4. The molecule has 0 aliphatic heterocycles. The number of benzene rings is 1. The second-order valence-corrected chi connectivity index (χ2v) is 7.83. The number of anilines is 1. The number of urea groups is 1. The summed E-state index contributed by atoms with van der Waals surface area (Å²) in [6.07, 6.45) is 3.16. The van der Waals surface area contributed by atoms with Crippen molar-refractivity contribution in [3.8, 4) is 0 Å². The van der Waals surface area contributed by atoms with Gasteiger partial charge >= 0.3 is 6.03 Å². The average Bonchev–Trinajstić information content (AvgIpc) is 2.42. The second kappa shape index (κ2) is 5.55. The Hall–Kier alpha value is -1.76. The lowest BCUT2D eigenvalue weighted by Crippen LogP contribution is -2.56. The molecule has 2 rings (SSSR count). The summed E-state index contributed by atoms with van der Waals surface area (Å²) >= 11 is 0. The van der Waals surface area contributed by atoms with E-state index in [1.165, 1.54) is 12.1 Å². The van der Waals surface area contributed by atoms with Crippen LogP contribution in [0, 0.1) is 6.92 Å². The number of aryl methyl sites for hydroxylation is 1. The zero-order valence-corrected chi connectivity index (χ0v) is 12.9. The first-order chi connectivity index (χ1) is 9.78. The van der Waals surface area contributed by atoms with E-state index in [1.807, 2.05) is 6.92 Å². The normalized spacial score (nSPS) is 18.1. The van der Waals surface area contributed by atoms with Crippen LogP contribution in [0.15, 0.2) is 23.1 Å². The third kappa shape index (κ3) is 2.83. The molecule has 2 amide bonds. The molecule has 0 unspecified atom stereocenters. The van der Waals surface area contributed by atoms with E-state index in [0.29, 0.717) is 18.5 Å². The van der Waals surface area contributed by atoms with Gasteiger partial charge in [-0.2, -0.15) is 0 Å². The Morgan fingerprint density at radius 2 is 1.86 bits per heavy atom. The maximum atomic E-state index is 13.0. The van der Waals surface area contributed by atoms with Gasteiger partial charge in [-0.1, -0.05) is 25.3 Å². The lowest BCUT2D eigenvalue weighted by Gasteiger charge is -2.36. The average molecular weight is 311 g/mol. The summed E-state index contributed by atoms with van der Waals surface area (Å²) < 4.78 is 26.0. The summed E-state index contributed by atoms with van der Waals surface area (Å²) in [4.78, 5) is 10.1. The Labute approximate surface area is 124 Å². The minimum Gasteiger partial charge on any atom is -0.398 e. The highest BCUT2D eigenvalue weighted by Gasteiger charge is 2.46. The molecule has 0 spiro atoms. The summed E-state index contributed by atoms with van der Waals surface area (Å²) in [6, 6.07) is 3.83. The molecule has 1 aliphatic carbocycles. The summed E-state index contributed by atoms with van der Waals surface area (Å²) in [6.45, 7) is 1.81. The van der Waals surface area contributed by atoms with Crippen molar-refractivity contribution in [1.82, 2.24) is 5.32 Å². The van der Waals surface area contributed by atoms with Gasteiger partial charge < -0.3 is 16.8 Å². The molecular formula is C14H21N3O3S. The van der Waals surface area contributed by atoms with Gasteiger partial charge in [-0.25, -0.2) is 13.2 Å². The molecule has 0 heterocycles. The number of nitrogens with one attached hydrogen (secondary N) is 1. The lowest BCUT2D eigenvalue weighted by atomic mass is 9.95. The Morgan fingerprint density at radius 3 is 2.38 bits per heavy atom. The predicted molar refractivity (Wildman–Crippen MR) is 81.3 cm³/mol. The molecule has 6 nitrogen and oxygen atoms in total. The van der Waals surface area contributed by atoms with Gasteiger partial charge in [-0.15, -0.1) is 0 Å². The number of hydrogen-bond donors (Lipinski definition) is 3. The maximum absolute atomic E-state index is 13.0. The van der Waals surface area contributed by atoms with Crippen LogP contribution in [0.3, 0.4) is 0 Å². The van der Waals surface area contributed by atoms with Gasteiger partial charge in [0.05, 0.1) is 4.90 Å². The first-order valence-corrected chi connectivity index (χ1v) is 8.45. The number of nitrogen functional groups attached to an aromatic ring is 1. The van der Waals surface area contributed by atoms with Crippen LogP contribution >= 0.6 is 0 Å². The van der Waals surface area contributed by atoms with Crippen molar-refractivity contribution in [3.63, 3.8) is 0 Å². The molecule has 5 N–H and O–H groups in total. The standard InChI is InChI=1S/C14H21N3O3S/c1-10-5-6-11(9-12(10)15)21(19,20)14(17-13(16)18)7-3-2-4-8-14/h5-6,9H,2-4,7-8,15H2,1H3,(H3,16,17,18). The monoisotopic (exact) mass is 311 g/mol. The molecule has 0 bridgehead atoms. The van der Waals surface area contributed by atoms with Gasteiger partial charge in [0, 0.05) is 5.69 Å². The largest absolute Gasteiger partial charge is 0.398 e. The van der Waals surface area contributed by atoms with Crippen LogP contribution in [0.2, 0.25) is 0 Å². The number of carbonyl (C=O) groups is 1. The van der Waals surface area contributed by atoms with Crippen molar-refractivity contribution >= 4 is 21.6 Å². The molecule has 1 aromatic carbocycles. The van der Waals surface area contributed by atoms with Crippen molar-refractivity contribution in [1.29, 1.82) is 0 Å². The fourth-order valence-electron chi connectivity index (χ4n) is 2.82. The Morgan fingerprint density at radius 1 is 1.24 bits per heavy atom. The summed E-state index contributed by atoms with van der Waals surface area (Å²) in [5.74, 6) is 0. The van der Waals surface area contributed by atoms with Crippen LogP contribution in [0.4, 0.5) is 10.5 Å². The SMILES string of the molecule is Cc1ccc(S(=O)(=O)C2(NC(N)=O)CCCCC2)cc1N. The lowest BCUT2D eigenvalue weighted by molar-refractivity contribution is 0.234. The number of rotatable bonds is 3. The highest BCUT2D eigenvalue weighted by Crippen LogP contribution is 2.37. The molecule has 1 fully saturated rings. The third-order valence-corrected chi connectivity index (χ3v) is 6.50. The molecule has 0 radical (unpaired) electrons. The fourth-order valence-corrected chi connectivity index (χ4v) is 4.86. The molecule has 116 valence electrons. The Balaban J connectivity index is 2.51. The van der Waals surface area contributed by atoms with Crippen molar-refractivity contribution in [3.05, 3.63) is 23.8 Å². The van der Waals surface area contributed by atoms with E-state index >= 15 is 0 Å². The maximum Gasteiger partial charge on any atom is 0.313 e. The zero-order chi connectivity index (χ0) is 15.7. The van der Waals surface area contributed by atoms with Crippen molar-refractivity contribution in [2.24, 2.45) is 5.73 Å². The quantitative estimate of drug-likeness (QED) is 0.736. The van der Waals surface area contributed by atoms with Crippen LogP contribution in [0.25, 0.3) is 0 Å². The molecule has 1 aromatic rings.